The van der Waals surface area contributed by atoms with Crippen molar-refractivity contribution < 1.29 is 13.6 Å². The molecule has 5 nitrogen and oxygen atoms in total. The van der Waals surface area contributed by atoms with Gasteiger partial charge >= 0.3 is 0 Å². The number of carbonyl (C=O) groups is 1. The van der Waals surface area contributed by atoms with Gasteiger partial charge in [0.15, 0.2) is 0 Å². The maximum absolute atomic E-state index is 12.0. The van der Waals surface area contributed by atoms with E-state index in [1.165, 1.54) is 0 Å². The van der Waals surface area contributed by atoms with E-state index in [2.05, 4.69) is 0 Å². The van der Waals surface area contributed by atoms with E-state index in [1.807, 2.05) is 12.1 Å². The Kier molecular flexibility index (Phi) is 3.84. The summed E-state index contributed by atoms with van der Waals surface area (Å²) in [5, 5.41) is 0. The Balaban J connectivity index is 2.09. The first-order chi connectivity index (χ1) is 8.66. The van der Waals surface area contributed by atoms with Gasteiger partial charge < -0.3 is 19.5 Å². The number of furan rings is 2. The average Bonchev–Trinajstić information content (AvgIpc) is 2.99. The van der Waals surface area contributed by atoms with Crippen molar-refractivity contribution in [2.45, 2.75) is 26.1 Å². The summed E-state index contributed by atoms with van der Waals surface area (Å²) < 4.78 is 10.5. The molecule has 0 aliphatic heterocycles. The Hall–Kier alpha value is -2.01. The molecule has 0 spiro atoms. The lowest BCUT2D eigenvalue weighted by Gasteiger charge is -2.22. The molecule has 1 amide bonds. The molecule has 18 heavy (non-hydrogen) atoms. The van der Waals surface area contributed by atoms with Crippen molar-refractivity contribution in [1.82, 2.24) is 4.90 Å². The second kappa shape index (κ2) is 5.55. The number of amides is 1. The molecule has 0 saturated heterocycles. The van der Waals surface area contributed by atoms with Crippen molar-refractivity contribution in [3.8, 4) is 0 Å². The van der Waals surface area contributed by atoms with Gasteiger partial charge in [0.05, 0.1) is 31.7 Å². The van der Waals surface area contributed by atoms with Gasteiger partial charge in [0.2, 0.25) is 5.91 Å². The van der Waals surface area contributed by atoms with Crippen molar-refractivity contribution in [1.29, 1.82) is 0 Å². The average molecular weight is 248 g/mol. The highest BCUT2D eigenvalue weighted by atomic mass is 16.3. The van der Waals surface area contributed by atoms with Crippen LogP contribution in [0, 0.1) is 0 Å². The van der Waals surface area contributed by atoms with Crippen LogP contribution in [0.15, 0.2) is 45.6 Å². The van der Waals surface area contributed by atoms with Crippen LogP contribution < -0.4 is 5.73 Å². The molecule has 0 radical (unpaired) electrons. The minimum Gasteiger partial charge on any atom is -0.467 e. The molecule has 0 fully saturated rings. The van der Waals surface area contributed by atoms with Crippen molar-refractivity contribution in [3.05, 3.63) is 48.3 Å². The summed E-state index contributed by atoms with van der Waals surface area (Å²) in [7, 11) is 0. The lowest BCUT2D eigenvalue weighted by atomic mass is 10.2. The Morgan fingerprint density at radius 2 is 1.72 bits per heavy atom. The number of nitrogens with zero attached hydrogens (tertiary/aromatic N) is 1. The molecular weight excluding hydrogens is 232 g/mol. The third kappa shape index (κ3) is 3.01. The third-order valence-corrected chi connectivity index (χ3v) is 2.55. The molecule has 2 heterocycles. The number of rotatable bonds is 5. The molecule has 0 aliphatic carbocycles. The summed E-state index contributed by atoms with van der Waals surface area (Å²) in [5.74, 6) is 1.30. The highest BCUT2D eigenvalue weighted by Crippen LogP contribution is 2.12. The number of carbonyl (C=O) groups excluding carboxylic acids is 1. The molecule has 5 heteroatoms. The van der Waals surface area contributed by atoms with Gasteiger partial charge in [-0.15, -0.1) is 0 Å². The third-order valence-electron chi connectivity index (χ3n) is 2.55. The smallest absolute Gasteiger partial charge is 0.240 e. The summed E-state index contributed by atoms with van der Waals surface area (Å²) >= 11 is 0. The first-order valence-corrected chi connectivity index (χ1v) is 5.76. The maximum Gasteiger partial charge on any atom is 0.240 e. The number of hydrogen-bond acceptors (Lipinski definition) is 4. The largest absolute Gasteiger partial charge is 0.467 e. The molecule has 0 unspecified atom stereocenters. The van der Waals surface area contributed by atoms with Crippen LogP contribution >= 0.6 is 0 Å². The first kappa shape index (κ1) is 12.4. The van der Waals surface area contributed by atoms with Crippen LogP contribution in [0.3, 0.4) is 0 Å². The Morgan fingerprint density at radius 1 is 1.22 bits per heavy atom. The highest BCUT2D eigenvalue weighted by molar-refractivity contribution is 5.81. The van der Waals surface area contributed by atoms with E-state index < -0.39 is 6.04 Å². The van der Waals surface area contributed by atoms with Gasteiger partial charge in [-0.05, 0) is 31.2 Å². The predicted octanol–water partition coefficient (Wildman–Crippen LogP) is 1.75. The standard InChI is InChI=1S/C13H16N2O3/c1-10(14)13(16)15(8-11-4-2-6-17-11)9-12-5-3-7-18-12/h2-7,10H,8-9,14H2,1H3/t10-/m1/s1. The molecule has 0 saturated carbocycles. The quantitative estimate of drug-likeness (QED) is 0.874. The van der Waals surface area contributed by atoms with E-state index in [-0.39, 0.29) is 5.91 Å². The van der Waals surface area contributed by atoms with E-state index >= 15 is 0 Å². The lowest BCUT2D eigenvalue weighted by molar-refractivity contribution is -0.134. The lowest BCUT2D eigenvalue weighted by Crippen LogP contribution is -2.41. The van der Waals surface area contributed by atoms with Gasteiger partial charge in [0.25, 0.3) is 0 Å². The van der Waals surface area contributed by atoms with E-state index in [1.54, 1.807) is 36.5 Å². The normalized spacial score (nSPS) is 12.3. The van der Waals surface area contributed by atoms with Gasteiger partial charge in [0.1, 0.15) is 11.5 Å². The topological polar surface area (TPSA) is 72.6 Å². The molecule has 0 bridgehead atoms. The minimum absolute atomic E-state index is 0.136. The molecule has 2 aromatic rings. The fourth-order valence-electron chi connectivity index (χ4n) is 1.68. The molecule has 0 aliphatic rings. The molecular formula is C13H16N2O3. The fraction of sp³-hybridized carbons (Fsp3) is 0.308. The van der Waals surface area contributed by atoms with Gasteiger partial charge in [-0.3, -0.25) is 4.79 Å². The minimum atomic E-state index is -0.546. The molecule has 2 rings (SSSR count). The van der Waals surface area contributed by atoms with Gasteiger partial charge in [-0.25, -0.2) is 0 Å². The van der Waals surface area contributed by atoms with Gasteiger partial charge in [-0.2, -0.15) is 0 Å². The second-order valence-electron chi connectivity index (χ2n) is 4.14. The molecule has 0 aromatic carbocycles. The van der Waals surface area contributed by atoms with Gasteiger partial charge in [-0.1, -0.05) is 0 Å². The monoisotopic (exact) mass is 248 g/mol. The first-order valence-electron chi connectivity index (χ1n) is 5.76. The SMILES string of the molecule is C[C@@H](N)C(=O)N(Cc1ccco1)Cc1ccco1. The van der Waals surface area contributed by atoms with Crippen LogP contribution in [0.5, 0.6) is 0 Å². The molecule has 2 aromatic heterocycles. The van der Waals surface area contributed by atoms with Crippen LogP contribution in [0.1, 0.15) is 18.4 Å². The van der Waals surface area contributed by atoms with Crippen LogP contribution in [-0.4, -0.2) is 16.8 Å². The molecule has 96 valence electrons. The summed E-state index contributed by atoms with van der Waals surface area (Å²) in [6, 6.07) is 6.68. The van der Waals surface area contributed by atoms with Crippen molar-refractivity contribution in [2.24, 2.45) is 5.73 Å². The zero-order chi connectivity index (χ0) is 13.0. The zero-order valence-corrected chi connectivity index (χ0v) is 10.2. The summed E-state index contributed by atoms with van der Waals surface area (Å²) in [6.45, 7) is 2.43. The van der Waals surface area contributed by atoms with Crippen LogP contribution in [-0.2, 0) is 17.9 Å². The van der Waals surface area contributed by atoms with Crippen molar-refractivity contribution in [3.63, 3.8) is 0 Å². The fourth-order valence-corrected chi connectivity index (χ4v) is 1.68. The van der Waals surface area contributed by atoms with Crippen molar-refractivity contribution in [2.75, 3.05) is 0 Å². The highest BCUT2D eigenvalue weighted by Gasteiger charge is 2.19. The Bertz CT molecular complexity index is 438. The second-order valence-corrected chi connectivity index (χ2v) is 4.14. The summed E-state index contributed by atoms with van der Waals surface area (Å²) in [5.41, 5.74) is 5.64. The van der Waals surface area contributed by atoms with Crippen LogP contribution in [0.25, 0.3) is 0 Å². The predicted molar refractivity (Wildman–Crippen MR) is 65.3 cm³/mol. The number of hydrogen-bond donors (Lipinski definition) is 1. The van der Waals surface area contributed by atoms with Gasteiger partial charge in [0, 0.05) is 0 Å². The van der Waals surface area contributed by atoms with E-state index in [0.717, 1.165) is 11.5 Å². The number of nitrogens with two attached hydrogens (primary N) is 1. The Labute approximate surface area is 105 Å². The Morgan fingerprint density at radius 3 is 2.06 bits per heavy atom. The van der Waals surface area contributed by atoms with E-state index in [9.17, 15) is 4.79 Å². The maximum atomic E-state index is 12.0. The van der Waals surface area contributed by atoms with Crippen molar-refractivity contribution >= 4 is 5.91 Å². The zero-order valence-electron chi connectivity index (χ0n) is 10.2. The van der Waals surface area contributed by atoms with E-state index in [4.69, 9.17) is 14.6 Å². The van der Waals surface area contributed by atoms with Crippen LogP contribution in [0.4, 0.5) is 0 Å². The summed E-state index contributed by atoms with van der Waals surface area (Å²) in [4.78, 5) is 13.6. The molecule has 2 N–H and O–H groups in total. The van der Waals surface area contributed by atoms with Crippen LogP contribution in [0.2, 0.25) is 0 Å². The molecule has 1 atom stereocenters. The van der Waals surface area contributed by atoms with E-state index in [0.29, 0.717) is 13.1 Å². The summed E-state index contributed by atoms with van der Waals surface area (Å²) in [6.07, 6.45) is 3.16.